The molecule has 28 heavy (non-hydrogen) atoms. The Morgan fingerprint density at radius 1 is 0.964 bits per heavy atom. The van der Waals surface area contributed by atoms with E-state index in [1.165, 1.54) is 0 Å². The summed E-state index contributed by atoms with van der Waals surface area (Å²) in [6, 6.07) is 8.49. The molecule has 2 aliphatic rings. The Morgan fingerprint density at radius 2 is 1.64 bits per heavy atom. The number of hydrogen-bond acceptors (Lipinski definition) is 4. The first kappa shape index (κ1) is 20.8. The van der Waals surface area contributed by atoms with E-state index >= 15 is 0 Å². The summed E-state index contributed by atoms with van der Waals surface area (Å²) in [5, 5.41) is 0. The largest absolute Gasteiger partial charge is 0.371 e. The molecule has 0 N–H and O–H groups in total. The highest BCUT2D eigenvalue weighted by atomic mass is 16.2. The third-order valence-corrected chi connectivity index (χ3v) is 6.29. The second-order valence-electron chi connectivity index (χ2n) is 8.39. The highest BCUT2D eigenvalue weighted by Crippen LogP contribution is 2.25. The Balaban J connectivity index is 1.52. The van der Waals surface area contributed by atoms with Crippen molar-refractivity contribution >= 4 is 17.4 Å². The number of ketones is 1. The molecule has 0 saturated carbocycles. The Bertz CT molecular complexity index is 663. The van der Waals surface area contributed by atoms with Crippen LogP contribution in [-0.2, 0) is 4.79 Å². The molecule has 2 fully saturated rings. The minimum Gasteiger partial charge on any atom is -0.371 e. The fourth-order valence-electron chi connectivity index (χ4n) is 4.38. The van der Waals surface area contributed by atoms with Gasteiger partial charge in [-0.1, -0.05) is 6.92 Å². The molecule has 2 saturated heterocycles. The molecule has 1 amide bonds. The number of anilines is 1. The van der Waals surface area contributed by atoms with Gasteiger partial charge in [0.1, 0.15) is 0 Å². The molecule has 1 aromatic carbocycles. The zero-order chi connectivity index (χ0) is 20.1. The van der Waals surface area contributed by atoms with Crippen molar-refractivity contribution in [2.45, 2.75) is 52.5 Å². The van der Waals surface area contributed by atoms with Crippen LogP contribution in [0.3, 0.4) is 0 Å². The maximum Gasteiger partial charge on any atom is 0.225 e. The Morgan fingerprint density at radius 3 is 2.25 bits per heavy atom. The number of Topliss-reactive ketones (excluding diaryl/α,β-unsaturated/α-hetero) is 1. The van der Waals surface area contributed by atoms with E-state index in [1.807, 2.05) is 31.2 Å². The molecule has 0 atom stereocenters. The topological polar surface area (TPSA) is 43.9 Å². The number of benzene rings is 1. The van der Waals surface area contributed by atoms with Gasteiger partial charge < -0.3 is 9.80 Å². The van der Waals surface area contributed by atoms with E-state index in [2.05, 4.69) is 28.5 Å². The van der Waals surface area contributed by atoms with Crippen LogP contribution < -0.4 is 4.90 Å². The van der Waals surface area contributed by atoms with Crippen molar-refractivity contribution in [1.82, 2.24) is 9.80 Å². The molecule has 5 heteroatoms. The van der Waals surface area contributed by atoms with Crippen molar-refractivity contribution in [3.8, 4) is 0 Å². The lowest BCUT2D eigenvalue weighted by Gasteiger charge is -2.35. The standard InChI is InChI=1S/C23H35N3O2/c1-4-22(27)19-6-8-21(9-7-19)25-14-10-20(11-15-25)23(28)26-13-5-12-24(16-17-26)18(2)3/h6-9,18,20H,4-5,10-17H2,1-3H3. The number of rotatable bonds is 5. The minimum atomic E-state index is 0.155. The first-order valence-electron chi connectivity index (χ1n) is 10.9. The van der Waals surface area contributed by atoms with E-state index in [0.717, 1.165) is 69.8 Å². The summed E-state index contributed by atoms with van der Waals surface area (Å²) in [5.41, 5.74) is 1.94. The lowest BCUT2D eigenvalue weighted by atomic mass is 9.94. The van der Waals surface area contributed by atoms with Crippen LogP contribution in [0.4, 0.5) is 5.69 Å². The maximum absolute atomic E-state index is 13.0. The van der Waals surface area contributed by atoms with Crippen LogP contribution in [0, 0.1) is 5.92 Å². The molecule has 154 valence electrons. The van der Waals surface area contributed by atoms with Crippen LogP contribution >= 0.6 is 0 Å². The second kappa shape index (κ2) is 9.55. The Kier molecular flexibility index (Phi) is 7.11. The molecular weight excluding hydrogens is 350 g/mol. The van der Waals surface area contributed by atoms with E-state index in [-0.39, 0.29) is 11.7 Å². The number of carbonyl (C=O) groups is 2. The van der Waals surface area contributed by atoms with E-state index in [0.29, 0.717) is 18.4 Å². The SMILES string of the molecule is CCC(=O)c1ccc(N2CCC(C(=O)N3CCCN(C(C)C)CC3)CC2)cc1. The molecule has 0 spiro atoms. The number of hydrogen-bond donors (Lipinski definition) is 0. The smallest absolute Gasteiger partial charge is 0.225 e. The van der Waals surface area contributed by atoms with Gasteiger partial charge >= 0.3 is 0 Å². The predicted octanol–water partition coefficient (Wildman–Crippen LogP) is 3.44. The van der Waals surface area contributed by atoms with Crippen molar-refractivity contribution in [2.24, 2.45) is 5.92 Å². The van der Waals surface area contributed by atoms with Crippen LogP contribution in [-0.4, -0.2) is 66.8 Å². The molecule has 0 radical (unpaired) electrons. The Labute approximate surface area is 169 Å². The van der Waals surface area contributed by atoms with Crippen molar-refractivity contribution in [3.05, 3.63) is 29.8 Å². The van der Waals surface area contributed by atoms with Gasteiger partial charge in [-0.15, -0.1) is 0 Å². The molecule has 0 aromatic heterocycles. The van der Waals surface area contributed by atoms with Crippen LogP contribution in [0.2, 0.25) is 0 Å². The van der Waals surface area contributed by atoms with Gasteiger partial charge in [0.15, 0.2) is 5.78 Å². The fourth-order valence-corrected chi connectivity index (χ4v) is 4.38. The third kappa shape index (κ3) is 4.93. The summed E-state index contributed by atoms with van der Waals surface area (Å²) >= 11 is 0. The summed E-state index contributed by atoms with van der Waals surface area (Å²) in [6.45, 7) is 12.0. The number of piperidine rings is 1. The number of carbonyl (C=O) groups excluding carboxylic acids is 2. The van der Waals surface area contributed by atoms with Gasteiger partial charge in [-0.3, -0.25) is 14.5 Å². The third-order valence-electron chi connectivity index (χ3n) is 6.29. The molecule has 0 unspecified atom stereocenters. The van der Waals surface area contributed by atoms with E-state index in [9.17, 15) is 9.59 Å². The van der Waals surface area contributed by atoms with Crippen LogP contribution in [0.15, 0.2) is 24.3 Å². The summed E-state index contributed by atoms with van der Waals surface area (Å²) in [6.07, 6.45) is 3.45. The van der Waals surface area contributed by atoms with Gasteiger partial charge in [0.05, 0.1) is 0 Å². The monoisotopic (exact) mass is 385 g/mol. The lowest BCUT2D eigenvalue weighted by Crippen LogP contribution is -2.44. The van der Waals surface area contributed by atoms with Crippen molar-refractivity contribution in [3.63, 3.8) is 0 Å². The first-order valence-corrected chi connectivity index (χ1v) is 10.9. The quantitative estimate of drug-likeness (QED) is 0.729. The Hall–Kier alpha value is -1.88. The summed E-state index contributed by atoms with van der Waals surface area (Å²) in [5.74, 6) is 0.696. The normalized spacial score (nSPS) is 19.7. The average Bonchev–Trinajstić information content (AvgIpc) is 2.99. The van der Waals surface area contributed by atoms with Gasteiger partial charge in [0.2, 0.25) is 5.91 Å². The molecule has 0 bridgehead atoms. The molecule has 3 rings (SSSR count). The summed E-state index contributed by atoms with van der Waals surface area (Å²) in [4.78, 5) is 31.7. The highest BCUT2D eigenvalue weighted by molar-refractivity contribution is 5.96. The minimum absolute atomic E-state index is 0.155. The van der Waals surface area contributed by atoms with Crippen molar-refractivity contribution in [1.29, 1.82) is 0 Å². The van der Waals surface area contributed by atoms with Crippen LogP contribution in [0.25, 0.3) is 0 Å². The maximum atomic E-state index is 13.0. The summed E-state index contributed by atoms with van der Waals surface area (Å²) < 4.78 is 0. The fraction of sp³-hybridized carbons (Fsp3) is 0.652. The average molecular weight is 386 g/mol. The van der Waals surface area contributed by atoms with Gasteiger partial charge in [-0.05, 0) is 57.4 Å². The van der Waals surface area contributed by atoms with Gasteiger partial charge in [0.25, 0.3) is 0 Å². The zero-order valence-corrected chi connectivity index (χ0v) is 17.7. The zero-order valence-electron chi connectivity index (χ0n) is 17.7. The molecule has 5 nitrogen and oxygen atoms in total. The molecule has 2 heterocycles. The van der Waals surface area contributed by atoms with E-state index < -0.39 is 0 Å². The van der Waals surface area contributed by atoms with Crippen molar-refractivity contribution < 1.29 is 9.59 Å². The lowest BCUT2D eigenvalue weighted by molar-refractivity contribution is -0.136. The van der Waals surface area contributed by atoms with E-state index in [1.54, 1.807) is 0 Å². The van der Waals surface area contributed by atoms with Gasteiger partial charge in [-0.25, -0.2) is 0 Å². The first-order chi connectivity index (χ1) is 13.5. The molecule has 1 aromatic rings. The van der Waals surface area contributed by atoms with Gasteiger partial charge in [0, 0.05) is 68.9 Å². The van der Waals surface area contributed by atoms with Crippen molar-refractivity contribution in [2.75, 3.05) is 44.2 Å². The molecule has 0 aliphatic carbocycles. The van der Waals surface area contributed by atoms with E-state index in [4.69, 9.17) is 0 Å². The van der Waals surface area contributed by atoms with Crippen LogP contribution in [0.1, 0.15) is 56.8 Å². The predicted molar refractivity (Wildman–Crippen MR) is 114 cm³/mol. The molecular formula is C23H35N3O2. The number of amides is 1. The molecule has 2 aliphatic heterocycles. The van der Waals surface area contributed by atoms with Crippen LogP contribution in [0.5, 0.6) is 0 Å². The summed E-state index contributed by atoms with van der Waals surface area (Å²) in [7, 11) is 0. The second-order valence-corrected chi connectivity index (χ2v) is 8.39. The number of nitrogens with zero attached hydrogens (tertiary/aromatic N) is 3. The highest BCUT2D eigenvalue weighted by Gasteiger charge is 2.30. The van der Waals surface area contributed by atoms with Gasteiger partial charge in [-0.2, -0.15) is 0 Å².